The van der Waals surface area contributed by atoms with Crippen molar-refractivity contribution in [3.05, 3.63) is 141 Å². The molecule has 0 aliphatic carbocycles. The lowest BCUT2D eigenvalue weighted by molar-refractivity contribution is -0.125. The molecule has 2 aliphatic rings. The van der Waals surface area contributed by atoms with Crippen molar-refractivity contribution in [3.63, 3.8) is 0 Å². The number of nitrogens with two attached hydrogens (primary N) is 1. The molecule has 2 fully saturated rings. The second kappa shape index (κ2) is 19.8. The third kappa shape index (κ3) is 10.9. The van der Waals surface area contributed by atoms with Crippen molar-refractivity contribution in [1.29, 1.82) is 0 Å². The van der Waals surface area contributed by atoms with E-state index in [0.717, 1.165) is 29.5 Å². The lowest BCUT2D eigenvalue weighted by Gasteiger charge is -2.42. The summed E-state index contributed by atoms with van der Waals surface area (Å²) < 4.78 is 39.2. The van der Waals surface area contributed by atoms with Crippen molar-refractivity contribution >= 4 is 56.0 Å². The van der Waals surface area contributed by atoms with Crippen molar-refractivity contribution in [1.82, 2.24) is 19.4 Å². The minimum absolute atomic E-state index is 0.0706. The van der Waals surface area contributed by atoms with Crippen LogP contribution in [0.15, 0.2) is 91.1 Å². The number of ketones is 1. The van der Waals surface area contributed by atoms with Crippen molar-refractivity contribution in [3.8, 4) is 0 Å². The number of hydrogen-bond donors (Lipinski definition) is 2. The number of hydrogen-bond acceptors (Lipinski definition) is 6. The zero-order valence-corrected chi connectivity index (χ0v) is 35.2. The van der Waals surface area contributed by atoms with Gasteiger partial charge in [0.1, 0.15) is 17.5 Å². The molecule has 4 atom stereocenters. The first kappa shape index (κ1) is 44.4. The van der Waals surface area contributed by atoms with Crippen LogP contribution in [-0.2, 0) is 4.79 Å². The van der Waals surface area contributed by atoms with E-state index in [1.165, 1.54) is 47.3 Å². The minimum atomic E-state index is -0.640. The van der Waals surface area contributed by atoms with Crippen molar-refractivity contribution < 1.29 is 32.7 Å². The Morgan fingerprint density at radius 1 is 0.776 bits per heavy atom. The van der Waals surface area contributed by atoms with Crippen LogP contribution in [0.5, 0.6) is 0 Å². The number of aromatic nitrogens is 1. The van der Waals surface area contributed by atoms with Crippen molar-refractivity contribution in [2.24, 2.45) is 0 Å². The zero-order valence-electron chi connectivity index (χ0n) is 32.8. The van der Waals surface area contributed by atoms with Crippen LogP contribution >= 0.6 is 27.5 Å². The van der Waals surface area contributed by atoms with Gasteiger partial charge in [-0.25, -0.2) is 13.2 Å². The summed E-state index contributed by atoms with van der Waals surface area (Å²) in [5.74, 6) is 3.92. The summed E-state index contributed by atoms with van der Waals surface area (Å²) in [6.07, 6.45) is 2.66. The maximum absolute atomic E-state index is 13.7. The Bertz CT molecular complexity index is 2150. The maximum atomic E-state index is 13.7. The van der Waals surface area contributed by atoms with E-state index >= 15 is 0 Å². The first-order valence-electron chi connectivity index (χ1n) is 19.1. The van der Waals surface area contributed by atoms with Crippen LogP contribution in [-0.4, -0.2) is 80.8 Å². The molecule has 2 amide bonds. The van der Waals surface area contributed by atoms with Crippen molar-refractivity contribution in [2.75, 3.05) is 38.6 Å². The molecule has 308 valence electrons. The number of benzene rings is 4. The van der Waals surface area contributed by atoms with Gasteiger partial charge in [0.15, 0.2) is 0 Å². The fraction of sp³-hybridized carbons (Fsp3) is 0.341. The van der Waals surface area contributed by atoms with E-state index in [2.05, 4.69) is 27.8 Å². The molecule has 0 bridgehead atoms. The molecule has 1 aromatic heterocycles. The average molecular weight is 883 g/mol. The number of Topliss-reactive ketones (excluding diaryl/α,β-unsaturated/α-hetero) is 1. The lowest BCUT2D eigenvalue weighted by Crippen LogP contribution is -2.54. The summed E-state index contributed by atoms with van der Waals surface area (Å²) in [5, 5.41) is 9.65. The number of likely N-dealkylation sites (tertiary alicyclic amines) is 1. The number of alkyl halides is 1. The predicted octanol–water partition coefficient (Wildman–Crippen LogP) is 9.02. The van der Waals surface area contributed by atoms with Crippen LogP contribution in [0.4, 0.5) is 13.2 Å². The molecule has 2 aliphatic heterocycles. The molecule has 3 N–H and O–H groups in total. The molecule has 0 radical (unpaired) electrons. The van der Waals surface area contributed by atoms with Gasteiger partial charge >= 0.3 is 0 Å². The normalized spacial score (nSPS) is 17.1. The largest absolute Gasteiger partial charge is 0.389 e. The van der Waals surface area contributed by atoms with E-state index in [4.69, 9.17) is 22.6 Å². The standard InChI is InChI=1S/C28H31ClFN5O3.C8H8BrF.C8H9FO/c1-17-15-33(18(2)19-5-7-20(30)8-6-19)11-12-34(17)27(37)22-13-21-23(16-35(31)25(21)14-24(22)29)26(36)28(38)32-9-3-4-10-32;1-6(9)7-2-4-8(10)5-3-7;1-6(10)7-2-4-8(9)5-3-7/h5-8,13-14,16-18H,3-4,9-12,15,31H2,1-2H3;2-6H,1H3;2-6,10H,1H3/t17-,18-;;/m1../s1. The molecule has 58 heavy (non-hydrogen) atoms. The van der Waals surface area contributed by atoms with Gasteiger partial charge in [0.25, 0.3) is 17.6 Å². The molecule has 7 rings (SSSR count). The molecule has 2 unspecified atom stereocenters. The number of fused-ring (bicyclic) bond motifs is 1. The van der Waals surface area contributed by atoms with E-state index in [9.17, 15) is 27.6 Å². The summed E-state index contributed by atoms with van der Waals surface area (Å²) in [6, 6.07) is 21.9. The number of piperazine rings is 1. The second-order valence-corrected chi connectivity index (χ2v) is 16.4. The number of nitrogens with zero attached hydrogens (tertiary/aromatic N) is 4. The Morgan fingerprint density at radius 3 is 1.79 bits per heavy atom. The SMILES string of the molecule is CC(Br)c1ccc(F)cc1.CC(O)c1ccc(F)cc1.C[C@H](c1ccc(F)cc1)N1CCN(C(=O)c2cc3c(C(=O)C(=O)N4CCCC4)cn(N)c3cc2Cl)[C@H](C)C1. The molecule has 2 saturated heterocycles. The summed E-state index contributed by atoms with van der Waals surface area (Å²) in [5.41, 5.74) is 3.74. The molecule has 14 heteroatoms. The van der Waals surface area contributed by atoms with Gasteiger partial charge < -0.3 is 20.7 Å². The Balaban J connectivity index is 0.000000260. The van der Waals surface area contributed by atoms with Gasteiger partial charge in [-0.1, -0.05) is 63.9 Å². The quantitative estimate of drug-likeness (QED) is 0.0731. The fourth-order valence-corrected chi connectivity index (χ4v) is 7.55. The van der Waals surface area contributed by atoms with E-state index in [-0.39, 0.29) is 51.6 Å². The van der Waals surface area contributed by atoms with Gasteiger partial charge in [-0.05, 0) is 106 Å². The van der Waals surface area contributed by atoms with Crippen LogP contribution in [0.3, 0.4) is 0 Å². The molecule has 0 saturated carbocycles. The van der Waals surface area contributed by atoms with E-state index < -0.39 is 17.8 Å². The van der Waals surface area contributed by atoms with Gasteiger partial charge in [-0.15, -0.1) is 0 Å². The molecule has 5 aromatic rings. The molecule has 0 spiro atoms. The van der Waals surface area contributed by atoms with Crippen LogP contribution in [0, 0.1) is 17.5 Å². The third-order valence-corrected chi connectivity index (χ3v) is 11.3. The Hall–Kier alpha value is -4.69. The highest BCUT2D eigenvalue weighted by Gasteiger charge is 2.33. The third-order valence-electron chi connectivity index (χ3n) is 10.5. The molecule has 9 nitrogen and oxygen atoms in total. The van der Waals surface area contributed by atoms with Gasteiger partial charge in [0.05, 0.1) is 27.8 Å². The van der Waals surface area contributed by atoms with Gasteiger partial charge in [-0.2, -0.15) is 0 Å². The summed E-state index contributed by atoms with van der Waals surface area (Å²) in [7, 11) is 0. The summed E-state index contributed by atoms with van der Waals surface area (Å²) in [6.45, 7) is 10.6. The second-order valence-electron chi connectivity index (χ2n) is 14.6. The first-order chi connectivity index (χ1) is 27.5. The molecular weight excluding hydrogens is 835 g/mol. The number of halogens is 5. The van der Waals surface area contributed by atoms with Gasteiger partial charge in [-0.3, -0.25) is 24.0 Å². The highest BCUT2D eigenvalue weighted by atomic mass is 79.9. The van der Waals surface area contributed by atoms with E-state index in [1.807, 2.05) is 13.8 Å². The van der Waals surface area contributed by atoms with E-state index in [0.29, 0.717) is 48.5 Å². The van der Waals surface area contributed by atoms with Crippen LogP contribution in [0.25, 0.3) is 10.9 Å². The Kier molecular flexibility index (Phi) is 15.2. The number of aliphatic hydroxyl groups excluding tert-OH is 1. The molecule has 4 aromatic carbocycles. The highest BCUT2D eigenvalue weighted by molar-refractivity contribution is 9.09. The topological polar surface area (TPSA) is 112 Å². The number of amides is 2. The maximum Gasteiger partial charge on any atom is 0.295 e. The van der Waals surface area contributed by atoms with Crippen LogP contribution in [0.2, 0.25) is 5.02 Å². The molecule has 3 heterocycles. The van der Waals surface area contributed by atoms with Crippen LogP contribution in [0.1, 0.15) is 94.9 Å². The molecular formula is C44H48BrClF3N5O4. The summed E-state index contributed by atoms with van der Waals surface area (Å²) >= 11 is 9.93. The smallest absolute Gasteiger partial charge is 0.295 e. The van der Waals surface area contributed by atoms with E-state index in [1.54, 1.807) is 65.3 Å². The number of carbonyl (C=O) groups is 3. The summed E-state index contributed by atoms with van der Waals surface area (Å²) in [4.78, 5) is 45.4. The highest BCUT2D eigenvalue weighted by Crippen LogP contribution is 2.31. The number of aliphatic hydroxyl groups is 1. The predicted molar refractivity (Wildman–Crippen MR) is 225 cm³/mol. The van der Waals surface area contributed by atoms with Crippen molar-refractivity contribution in [2.45, 2.75) is 63.6 Å². The monoisotopic (exact) mass is 881 g/mol. The first-order valence-corrected chi connectivity index (χ1v) is 20.4. The number of nitrogen functional groups attached to an aromatic ring is 1. The average Bonchev–Trinajstić information content (AvgIpc) is 3.86. The van der Waals surface area contributed by atoms with Crippen LogP contribution < -0.4 is 5.84 Å². The lowest BCUT2D eigenvalue weighted by atomic mass is 10.0. The minimum Gasteiger partial charge on any atom is -0.389 e. The Morgan fingerprint density at radius 2 is 1.29 bits per heavy atom. The zero-order chi connectivity index (χ0) is 42.3. The Labute approximate surface area is 350 Å². The van der Waals surface area contributed by atoms with Gasteiger partial charge in [0.2, 0.25) is 0 Å². The fourth-order valence-electron chi connectivity index (χ4n) is 7.01. The number of carbonyl (C=O) groups excluding carboxylic acids is 3. The van der Waals surface area contributed by atoms with Gasteiger partial charge in [0, 0.05) is 61.2 Å². The number of rotatable bonds is 7.